The lowest BCUT2D eigenvalue weighted by Crippen LogP contribution is -2.35. The second-order valence-corrected chi connectivity index (χ2v) is 4.91. The third-order valence-electron chi connectivity index (χ3n) is 3.46. The summed E-state index contributed by atoms with van der Waals surface area (Å²) in [5.41, 5.74) is 2.95. The Labute approximate surface area is 127 Å². The maximum atomic E-state index is 12.0. The normalized spacial score (nSPS) is 10.4. The van der Waals surface area contributed by atoms with E-state index in [-0.39, 0.29) is 6.73 Å². The molecule has 1 rings (SSSR count). The van der Waals surface area contributed by atoms with Gasteiger partial charge in [0.1, 0.15) is 6.73 Å². The highest BCUT2D eigenvalue weighted by molar-refractivity contribution is 6.30. The summed E-state index contributed by atoms with van der Waals surface area (Å²) in [6.07, 6.45) is 3.95. The Morgan fingerprint density at radius 1 is 1.19 bits per heavy atom. The molecule has 1 aromatic carbocycles. The second-order valence-electron chi connectivity index (χ2n) is 4.91. The number of anilines is 1. The van der Waals surface area contributed by atoms with E-state index in [9.17, 15) is 9.59 Å². The highest BCUT2D eigenvalue weighted by Gasteiger charge is 2.20. The number of ether oxygens (including phenoxy) is 1. The van der Waals surface area contributed by atoms with Gasteiger partial charge in [-0.05, 0) is 30.4 Å². The van der Waals surface area contributed by atoms with Crippen molar-refractivity contribution in [3.05, 3.63) is 29.3 Å². The Bertz CT molecular complexity index is 449. The van der Waals surface area contributed by atoms with Gasteiger partial charge in [0.05, 0.1) is 5.69 Å². The Morgan fingerprint density at radius 2 is 1.81 bits per heavy atom. The van der Waals surface area contributed by atoms with E-state index in [1.54, 1.807) is 0 Å². The van der Waals surface area contributed by atoms with Crippen LogP contribution in [0, 0.1) is 0 Å². The summed E-state index contributed by atoms with van der Waals surface area (Å²) < 4.78 is 5.56. The third-order valence-corrected chi connectivity index (χ3v) is 3.46. The Balaban J connectivity index is 3.07. The molecule has 4 heteroatoms. The molecule has 21 heavy (non-hydrogen) atoms. The highest BCUT2D eigenvalue weighted by atomic mass is 16.5. The van der Waals surface area contributed by atoms with Gasteiger partial charge in [-0.2, -0.15) is 0 Å². The van der Waals surface area contributed by atoms with Crippen LogP contribution in [0.25, 0.3) is 0 Å². The van der Waals surface area contributed by atoms with Crippen molar-refractivity contribution in [3.63, 3.8) is 0 Å². The quantitative estimate of drug-likeness (QED) is 0.304. The number of para-hydroxylation sites is 1. The number of aryl methyl sites for hydroxylation is 2. The molecule has 0 bridgehead atoms. The summed E-state index contributed by atoms with van der Waals surface area (Å²) in [5.74, 6) is -0.554. The molecule has 0 N–H and O–H groups in total. The first-order valence-electron chi connectivity index (χ1n) is 7.64. The van der Waals surface area contributed by atoms with Crippen LogP contribution >= 0.6 is 0 Å². The van der Waals surface area contributed by atoms with Gasteiger partial charge in [-0.15, -0.1) is 0 Å². The summed E-state index contributed by atoms with van der Waals surface area (Å²) in [4.78, 5) is 24.4. The Kier molecular flexibility index (Phi) is 7.69. The molecule has 0 saturated carbocycles. The molecule has 0 saturated heterocycles. The first-order chi connectivity index (χ1) is 10.2. The highest BCUT2D eigenvalue weighted by Crippen LogP contribution is 2.27. The van der Waals surface area contributed by atoms with Crippen LogP contribution in [0.3, 0.4) is 0 Å². The third kappa shape index (κ3) is 4.67. The number of unbranched alkanes of at least 4 members (excludes halogenated alkanes) is 1. The van der Waals surface area contributed by atoms with Crippen molar-refractivity contribution < 1.29 is 14.3 Å². The number of benzene rings is 1. The molecule has 116 valence electrons. The first kappa shape index (κ1) is 17.4. The number of nitrogens with zero attached hydrogens (tertiary/aromatic N) is 1. The number of amides is 1. The van der Waals surface area contributed by atoms with Crippen LogP contribution in [0.5, 0.6) is 0 Å². The van der Waals surface area contributed by atoms with E-state index in [1.165, 1.54) is 4.90 Å². The minimum atomic E-state index is -0.554. The number of rotatable bonds is 9. The molecule has 0 heterocycles. The number of aldehydes is 1. The van der Waals surface area contributed by atoms with Crippen LogP contribution < -0.4 is 4.90 Å². The molecule has 0 aromatic heterocycles. The predicted molar refractivity (Wildman–Crippen MR) is 84.5 cm³/mol. The van der Waals surface area contributed by atoms with E-state index in [0.29, 0.717) is 12.9 Å². The van der Waals surface area contributed by atoms with Crippen LogP contribution in [0.1, 0.15) is 44.7 Å². The topological polar surface area (TPSA) is 46.6 Å². The van der Waals surface area contributed by atoms with Crippen molar-refractivity contribution in [2.45, 2.75) is 46.5 Å². The molecule has 0 aliphatic carbocycles. The maximum Gasteiger partial charge on any atom is 0.293 e. The molecular formula is C17H25NO3. The number of carbonyl (C=O) groups is 2. The average Bonchev–Trinajstić information content (AvgIpc) is 2.53. The summed E-state index contributed by atoms with van der Waals surface area (Å²) >= 11 is 0. The fourth-order valence-corrected chi connectivity index (χ4v) is 2.27. The zero-order valence-electron chi connectivity index (χ0n) is 13.2. The SMILES string of the molecule is CCCCOCN(C(=O)C=O)c1c(CC)cccc1CC. The van der Waals surface area contributed by atoms with Gasteiger partial charge in [0.2, 0.25) is 6.29 Å². The fourth-order valence-electron chi connectivity index (χ4n) is 2.27. The van der Waals surface area contributed by atoms with Gasteiger partial charge < -0.3 is 4.74 Å². The zero-order chi connectivity index (χ0) is 15.7. The van der Waals surface area contributed by atoms with Crippen molar-refractivity contribution in [2.24, 2.45) is 0 Å². The van der Waals surface area contributed by atoms with E-state index in [2.05, 4.69) is 6.92 Å². The van der Waals surface area contributed by atoms with Gasteiger partial charge in [-0.3, -0.25) is 14.5 Å². The van der Waals surface area contributed by atoms with Crippen molar-refractivity contribution in [1.29, 1.82) is 0 Å². The van der Waals surface area contributed by atoms with E-state index < -0.39 is 5.91 Å². The van der Waals surface area contributed by atoms with E-state index in [4.69, 9.17) is 4.74 Å². The minimum absolute atomic E-state index is 0.127. The molecule has 4 nitrogen and oxygen atoms in total. The van der Waals surface area contributed by atoms with Gasteiger partial charge in [-0.25, -0.2) is 0 Å². The van der Waals surface area contributed by atoms with Crippen molar-refractivity contribution in [3.8, 4) is 0 Å². The Morgan fingerprint density at radius 3 is 2.29 bits per heavy atom. The molecule has 0 fully saturated rings. The van der Waals surface area contributed by atoms with Gasteiger partial charge >= 0.3 is 0 Å². The van der Waals surface area contributed by atoms with Crippen LogP contribution in [0.4, 0.5) is 5.69 Å². The predicted octanol–water partition coefficient (Wildman–Crippen LogP) is 3.12. The summed E-state index contributed by atoms with van der Waals surface area (Å²) in [5, 5.41) is 0. The van der Waals surface area contributed by atoms with Crippen molar-refractivity contribution >= 4 is 17.9 Å². The molecule has 1 amide bonds. The molecule has 0 aliphatic rings. The number of carbonyl (C=O) groups excluding carboxylic acids is 2. The second kappa shape index (κ2) is 9.29. The molecule has 1 aromatic rings. The lowest BCUT2D eigenvalue weighted by Gasteiger charge is -2.25. The van der Waals surface area contributed by atoms with E-state index >= 15 is 0 Å². The van der Waals surface area contributed by atoms with Gasteiger partial charge in [0, 0.05) is 6.61 Å². The van der Waals surface area contributed by atoms with Crippen molar-refractivity contribution in [2.75, 3.05) is 18.2 Å². The molecule has 0 unspecified atom stereocenters. The molecule has 0 atom stereocenters. The average molecular weight is 291 g/mol. The molecular weight excluding hydrogens is 266 g/mol. The summed E-state index contributed by atoms with van der Waals surface area (Å²) in [6.45, 7) is 6.88. The standard InChI is InChI=1S/C17H25NO3/c1-4-7-11-21-13-18(16(20)12-19)17-14(5-2)9-8-10-15(17)6-3/h8-10,12H,4-7,11,13H2,1-3H3. The number of hydrogen-bond donors (Lipinski definition) is 0. The van der Waals surface area contributed by atoms with Crippen LogP contribution in [-0.4, -0.2) is 25.5 Å². The van der Waals surface area contributed by atoms with E-state index in [1.807, 2.05) is 32.0 Å². The van der Waals surface area contributed by atoms with Gasteiger partial charge in [0.15, 0.2) is 0 Å². The van der Waals surface area contributed by atoms with Crippen molar-refractivity contribution in [1.82, 2.24) is 0 Å². The molecule has 0 radical (unpaired) electrons. The molecule has 0 aliphatic heterocycles. The lowest BCUT2D eigenvalue weighted by molar-refractivity contribution is -0.130. The number of hydrogen-bond acceptors (Lipinski definition) is 3. The monoisotopic (exact) mass is 291 g/mol. The van der Waals surface area contributed by atoms with Crippen LogP contribution in [0.2, 0.25) is 0 Å². The summed E-state index contributed by atoms with van der Waals surface area (Å²) in [7, 11) is 0. The first-order valence-corrected chi connectivity index (χ1v) is 7.64. The molecule has 0 spiro atoms. The fraction of sp³-hybridized carbons (Fsp3) is 0.529. The van der Waals surface area contributed by atoms with E-state index in [0.717, 1.165) is 42.5 Å². The Hall–Kier alpha value is -1.68. The van der Waals surface area contributed by atoms with Crippen LogP contribution in [0.15, 0.2) is 18.2 Å². The lowest BCUT2D eigenvalue weighted by atomic mass is 10.0. The van der Waals surface area contributed by atoms with Gasteiger partial charge in [0.25, 0.3) is 5.91 Å². The minimum Gasteiger partial charge on any atom is -0.361 e. The van der Waals surface area contributed by atoms with Gasteiger partial charge in [-0.1, -0.05) is 45.4 Å². The van der Waals surface area contributed by atoms with Crippen LogP contribution in [-0.2, 0) is 27.2 Å². The maximum absolute atomic E-state index is 12.0. The summed E-state index contributed by atoms with van der Waals surface area (Å²) in [6, 6.07) is 5.97. The largest absolute Gasteiger partial charge is 0.361 e. The smallest absolute Gasteiger partial charge is 0.293 e. The zero-order valence-corrected chi connectivity index (χ0v) is 13.2.